The van der Waals surface area contributed by atoms with Crippen molar-refractivity contribution < 1.29 is 22.8 Å². The smallest absolute Gasteiger partial charge is 0.384 e. The Morgan fingerprint density at radius 2 is 1.90 bits per heavy atom. The van der Waals surface area contributed by atoms with Crippen LogP contribution in [0.15, 0.2) is 42.5 Å². The molecule has 2 heterocycles. The number of nitrogens with two attached hydrogens (primary N) is 1. The number of carbonyl (C=O) groups excluding carboxylic acids is 2. The van der Waals surface area contributed by atoms with E-state index in [-0.39, 0.29) is 23.7 Å². The lowest BCUT2D eigenvalue weighted by Gasteiger charge is -2.17. The van der Waals surface area contributed by atoms with E-state index >= 15 is 0 Å². The number of nitrogens with zero attached hydrogens (tertiary/aromatic N) is 1. The molecule has 8 heteroatoms. The second-order valence-corrected chi connectivity index (χ2v) is 7.34. The molecule has 0 saturated carbocycles. The maximum Gasteiger partial charge on any atom is 0.390 e. The highest BCUT2D eigenvalue weighted by Crippen LogP contribution is 2.39. The molecule has 3 aromatic rings. The quantitative estimate of drug-likeness (QED) is 0.632. The number of amides is 1. The first-order valence-electron chi connectivity index (χ1n) is 9.66. The molecule has 3 N–H and O–H groups in total. The summed E-state index contributed by atoms with van der Waals surface area (Å²) in [5.74, 6) is -0.703. The molecule has 156 valence electrons. The van der Waals surface area contributed by atoms with E-state index in [1.165, 1.54) is 6.07 Å². The fraction of sp³-hybridized carbons (Fsp3) is 0.273. The number of halogens is 3. The van der Waals surface area contributed by atoms with Gasteiger partial charge in [-0.15, -0.1) is 0 Å². The Hall–Kier alpha value is -3.29. The third kappa shape index (κ3) is 3.65. The molecular formula is C22H20F3N3O2. The van der Waals surface area contributed by atoms with Crippen LogP contribution >= 0.6 is 0 Å². The highest BCUT2D eigenvalue weighted by Gasteiger charge is 2.27. The molecule has 1 aromatic heterocycles. The molecule has 1 aliphatic heterocycles. The molecule has 4 rings (SSSR count). The van der Waals surface area contributed by atoms with Crippen LogP contribution in [0.3, 0.4) is 0 Å². The number of anilines is 1. The number of rotatable bonds is 5. The summed E-state index contributed by atoms with van der Waals surface area (Å²) < 4.78 is 39.4. The van der Waals surface area contributed by atoms with Crippen LogP contribution in [0.25, 0.3) is 22.0 Å². The number of para-hydroxylation sites is 1. The summed E-state index contributed by atoms with van der Waals surface area (Å²) in [7, 11) is 0. The van der Waals surface area contributed by atoms with Crippen molar-refractivity contribution in [2.45, 2.75) is 31.9 Å². The first kappa shape index (κ1) is 20.0. The fourth-order valence-corrected chi connectivity index (χ4v) is 4.06. The maximum absolute atomic E-state index is 12.6. The number of alkyl halides is 3. The fourth-order valence-electron chi connectivity index (χ4n) is 4.06. The minimum Gasteiger partial charge on any atom is -0.384 e. The zero-order valence-corrected chi connectivity index (χ0v) is 16.1. The summed E-state index contributed by atoms with van der Waals surface area (Å²) in [6, 6.07) is 12.4. The molecule has 0 radical (unpaired) electrons. The first-order valence-corrected chi connectivity index (χ1v) is 9.66. The number of hydrogen-bond acceptors (Lipinski definition) is 3. The Bertz CT molecular complexity index is 1150. The van der Waals surface area contributed by atoms with Crippen LogP contribution < -0.4 is 11.1 Å². The van der Waals surface area contributed by atoms with E-state index < -0.39 is 18.5 Å². The third-order valence-corrected chi connectivity index (χ3v) is 5.32. The van der Waals surface area contributed by atoms with Gasteiger partial charge in [-0.2, -0.15) is 13.2 Å². The summed E-state index contributed by atoms with van der Waals surface area (Å²) in [6.45, 7) is -0.375. The predicted molar refractivity (Wildman–Crippen MR) is 109 cm³/mol. The van der Waals surface area contributed by atoms with Crippen LogP contribution in [-0.4, -0.2) is 29.1 Å². The van der Waals surface area contributed by atoms with E-state index in [0.29, 0.717) is 18.4 Å². The van der Waals surface area contributed by atoms with Crippen LogP contribution in [0.1, 0.15) is 40.1 Å². The van der Waals surface area contributed by atoms with Gasteiger partial charge < -0.3 is 11.1 Å². The van der Waals surface area contributed by atoms with Gasteiger partial charge in [0.2, 0.25) is 5.91 Å². The molecular weight excluding hydrogens is 395 g/mol. The van der Waals surface area contributed by atoms with Crippen molar-refractivity contribution in [2.75, 3.05) is 11.9 Å². The standard InChI is InChI=1S/C22H20F3N3O2/c23-22(24,25)10-11-27-16-12-13(8-9-14(16)21(26)30)20-15-4-1-2-5-17(15)28-18(20)6-3-7-19(28)29/h1-2,4-5,8-9,12,27H,3,6-7,10-11H2,(H2,26,30). The summed E-state index contributed by atoms with van der Waals surface area (Å²) in [6.07, 6.45) is -3.43. The predicted octanol–water partition coefficient (Wildman–Crippen LogP) is 4.75. The maximum atomic E-state index is 12.6. The molecule has 0 aliphatic carbocycles. The molecule has 2 aromatic carbocycles. The monoisotopic (exact) mass is 415 g/mol. The van der Waals surface area contributed by atoms with Crippen LogP contribution in [0.5, 0.6) is 0 Å². The van der Waals surface area contributed by atoms with Crippen molar-refractivity contribution in [3.05, 3.63) is 53.7 Å². The van der Waals surface area contributed by atoms with Crippen molar-refractivity contribution in [1.29, 1.82) is 0 Å². The lowest BCUT2D eigenvalue weighted by atomic mass is 9.96. The van der Waals surface area contributed by atoms with E-state index in [0.717, 1.165) is 28.6 Å². The Labute approximate surface area is 170 Å². The second-order valence-electron chi connectivity index (χ2n) is 7.34. The number of primary amides is 1. The van der Waals surface area contributed by atoms with Gasteiger partial charge in [-0.25, -0.2) is 0 Å². The normalized spacial score (nSPS) is 14.0. The average molecular weight is 415 g/mol. The molecule has 0 bridgehead atoms. The van der Waals surface area contributed by atoms with E-state index in [9.17, 15) is 22.8 Å². The van der Waals surface area contributed by atoms with Crippen molar-refractivity contribution in [1.82, 2.24) is 4.57 Å². The van der Waals surface area contributed by atoms with Crippen LogP contribution in [-0.2, 0) is 6.42 Å². The molecule has 1 aliphatic rings. The number of benzene rings is 2. The molecule has 1 amide bonds. The number of aromatic nitrogens is 1. The summed E-state index contributed by atoms with van der Waals surface area (Å²) in [5.41, 5.74) is 9.03. The topological polar surface area (TPSA) is 77.1 Å². The number of carbonyl (C=O) groups is 2. The largest absolute Gasteiger partial charge is 0.390 e. The first-order chi connectivity index (χ1) is 14.3. The number of hydrogen-bond donors (Lipinski definition) is 2. The molecule has 5 nitrogen and oxygen atoms in total. The van der Waals surface area contributed by atoms with E-state index in [4.69, 9.17) is 5.73 Å². The van der Waals surface area contributed by atoms with Gasteiger partial charge in [-0.05, 0) is 36.6 Å². The lowest BCUT2D eigenvalue weighted by molar-refractivity contribution is -0.131. The Kier molecular flexibility index (Phi) is 5.01. The zero-order valence-electron chi connectivity index (χ0n) is 16.1. The van der Waals surface area contributed by atoms with Crippen molar-refractivity contribution >= 4 is 28.4 Å². The summed E-state index contributed by atoms with van der Waals surface area (Å²) in [4.78, 5) is 24.4. The van der Waals surface area contributed by atoms with E-state index in [2.05, 4.69) is 5.32 Å². The van der Waals surface area contributed by atoms with Gasteiger partial charge in [0.25, 0.3) is 5.91 Å². The van der Waals surface area contributed by atoms with Gasteiger partial charge in [-0.1, -0.05) is 24.3 Å². The average Bonchev–Trinajstić information content (AvgIpc) is 3.02. The third-order valence-electron chi connectivity index (χ3n) is 5.32. The molecule has 0 unspecified atom stereocenters. The lowest BCUT2D eigenvalue weighted by Crippen LogP contribution is -2.19. The van der Waals surface area contributed by atoms with Gasteiger partial charge >= 0.3 is 6.18 Å². The SMILES string of the molecule is NC(=O)c1ccc(-c2c3n(c4ccccc24)C(=O)CCC3)cc1NCCC(F)(F)F. The van der Waals surface area contributed by atoms with Gasteiger partial charge in [-0.3, -0.25) is 14.2 Å². The molecule has 0 fully saturated rings. The van der Waals surface area contributed by atoms with Gasteiger partial charge in [0.05, 0.1) is 17.5 Å². The van der Waals surface area contributed by atoms with Crippen LogP contribution in [0.2, 0.25) is 0 Å². The van der Waals surface area contributed by atoms with Crippen molar-refractivity contribution in [3.63, 3.8) is 0 Å². The Balaban J connectivity index is 1.83. The Morgan fingerprint density at radius 3 is 2.63 bits per heavy atom. The molecule has 30 heavy (non-hydrogen) atoms. The van der Waals surface area contributed by atoms with E-state index in [1.54, 1.807) is 16.7 Å². The van der Waals surface area contributed by atoms with Gasteiger partial charge in [0, 0.05) is 35.3 Å². The number of fused-ring (bicyclic) bond motifs is 3. The summed E-state index contributed by atoms with van der Waals surface area (Å²) in [5, 5.41) is 3.58. The minimum absolute atomic E-state index is 0.0241. The zero-order chi connectivity index (χ0) is 21.5. The van der Waals surface area contributed by atoms with Crippen LogP contribution in [0.4, 0.5) is 18.9 Å². The van der Waals surface area contributed by atoms with E-state index in [1.807, 2.05) is 24.3 Å². The molecule has 0 saturated heterocycles. The second kappa shape index (κ2) is 7.51. The highest BCUT2D eigenvalue weighted by molar-refractivity contribution is 6.06. The van der Waals surface area contributed by atoms with Gasteiger partial charge in [0.1, 0.15) is 0 Å². The van der Waals surface area contributed by atoms with Crippen molar-refractivity contribution in [2.24, 2.45) is 5.73 Å². The molecule has 0 atom stereocenters. The number of nitrogens with one attached hydrogen (secondary N) is 1. The minimum atomic E-state index is -4.31. The Morgan fingerprint density at radius 1 is 1.13 bits per heavy atom. The van der Waals surface area contributed by atoms with Crippen LogP contribution in [0, 0.1) is 0 Å². The van der Waals surface area contributed by atoms with Crippen molar-refractivity contribution in [3.8, 4) is 11.1 Å². The summed E-state index contributed by atoms with van der Waals surface area (Å²) >= 11 is 0. The van der Waals surface area contributed by atoms with Gasteiger partial charge in [0.15, 0.2) is 0 Å². The molecule has 0 spiro atoms. The highest BCUT2D eigenvalue weighted by atomic mass is 19.4.